The van der Waals surface area contributed by atoms with Crippen molar-refractivity contribution in [2.75, 3.05) is 6.54 Å². The third-order valence-electron chi connectivity index (χ3n) is 0.372. The van der Waals surface area contributed by atoms with Crippen molar-refractivity contribution in [1.82, 2.24) is 0 Å². The molecule has 2 N–H and O–H groups in total. The highest BCUT2D eigenvalue weighted by Gasteiger charge is 1.51. The molecule has 0 aliphatic heterocycles. The monoisotopic (exact) mass is 71.1 g/mol. The lowest BCUT2D eigenvalue weighted by molar-refractivity contribution is 1.25. The zero-order valence-electron chi connectivity index (χ0n) is 3.44. The molecule has 0 aromatic carbocycles. The van der Waals surface area contributed by atoms with Gasteiger partial charge in [0.1, 0.15) is 0 Å². The van der Waals surface area contributed by atoms with Crippen molar-refractivity contribution >= 4 is 0 Å². The van der Waals surface area contributed by atoms with Crippen molar-refractivity contribution in [3.8, 4) is 0 Å². The molecule has 30 valence electrons. The van der Waals surface area contributed by atoms with Gasteiger partial charge in [-0.15, -0.1) is 0 Å². The van der Waals surface area contributed by atoms with E-state index >= 15 is 0 Å². The number of rotatable bonds is 1. The van der Waals surface area contributed by atoms with E-state index in [-0.39, 0.29) is 0 Å². The Hall–Kier alpha value is -0.300. The van der Waals surface area contributed by atoms with Gasteiger partial charge in [-0.3, -0.25) is 0 Å². The van der Waals surface area contributed by atoms with Crippen molar-refractivity contribution in [3.05, 3.63) is 12.2 Å². The van der Waals surface area contributed by atoms with Crippen LogP contribution in [0.25, 0.3) is 0 Å². The Bertz CT molecular complexity index is 30.6. The van der Waals surface area contributed by atoms with E-state index in [0.717, 1.165) is 0 Å². The minimum absolute atomic E-state index is 0.663. The van der Waals surface area contributed by atoms with E-state index in [1.807, 2.05) is 19.1 Å². The quantitative estimate of drug-likeness (QED) is 0.448. The van der Waals surface area contributed by atoms with Crippen molar-refractivity contribution in [3.63, 3.8) is 0 Å². The van der Waals surface area contributed by atoms with Gasteiger partial charge in [0.2, 0.25) is 0 Å². The molecular formula is C4H9N. The SMILES string of the molecule is C/C=C\CN. The topological polar surface area (TPSA) is 26.0 Å². The molecule has 0 heterocycles. The largest absolute Gasteiger partial charge is 0.327 e. The van der Waals surface area contributed by atoms with E-state index in [1.165, 1.54) is 0 Å². The van der Waals surface area contributed by atoms with Crippen LogP contribution in [0.15, 0.2) is 12.2 Å². The molecule has 0 atom stereocenters. The highest BCUT2D eigenvalue weighted by Crippen LogP contribution is 1.57. The minimum Gasteiger partial charge on any atom is -0.327 e. The lowest BCUT2D eigenvalue weighted by atomic mass is 10.5. The summed E-state index contributed by atoms with van der Waals surface area (Å²) in [5, 5.41) is 0. The van der Waals surface area contributed by atoms with Gasteiger partial charge in [0.15, 0.2) is 0 Å². The molecular weight excluding hydrogens is 62.1 g/mol. The lowest BCUT2D eigenvalue weighted by Crippen LogP contribution is -1.90. The molecule has 0 aliphatic carbocycles. The molecule has 0 aliphatic rings. The zero-order valence-corrected chi connectivity index (χ0v) is 3.44. The molecule has 0 fully saturated rings. The molecule has 0 unspecified atom stereocenters. The van der Waals surface area contributed by atoms with Crippen LogP contribution in [-0.2, 0) is 0 Å². The van der Waals surface area contributed by atoms with Gasteiger partial charge in [-0.05, 0) is 6.92 Å². The van der Waals surface area contributed by atoms with E-state index in [2.05, 4.69) is 0 Å². The van der Waals surface area contributed by atoms with Gasteiger partial charge in [-0.25, -0.2) is 0 Å². The predicted octanol–water partition coefficient (Wildman–Crippen LogP) is 0.521. The highest BCUT2D eigenvalue weighted by atomic mass is 14.5. The number of hydrogen-bond acceptors (Lipinski definition) is 1. The summed E-state index contributed by atoms with van der Waals surface area (Å²) < 4.78 is 0. The minimum atomic E-state index is 0.663. The second-order valence-corrected chi connectivity index (χ2v) is 0.805. The molecule has 5 heavy (non-hydrogen) atoms. The van der Waals surface area contributed by atoms with Crippen LogP contribution in [0.1, 0.15) is 6.92 Å². The fourth-order valence-corrected chi connectivity index (χ4v) is 0.136. The summed E-state index contributed by atoms with van der Waals surface area (Å²) in [6, 6.07) is 0. The standard InChI is InChI=1S/C4H9N/c1-2-3-4-5/h2-3H,4-5H2,1H3/b3-2-. The Morgan fingerprint density at radius 3 is 2.40 bits per heavy atom. The smallest absolute Gasteiger partial charge is 0.0106 e. The first-order valence-electron chi connectivity index (χ1n) is 1.73. The van der Waals surface area contributed by atoms with E-state index in [1.54, 1.807) is 0 Å². The maximum Gasteiger partial charge on any atom is 0.0106 e. The van der Waals surface area contributed by atoms with Crippen molar-refractivity contribution in [2.24, 2.45) is 5.73 Å². The summed E-state index contributed by atoms with van der Waals surface area (Å²) in [5.41, 5.74) is 5.05. The molecule has 0 saturated carbocycles. The van der Waals surface area contributed by atoms with Crippen LogP contribution in [0.5, 0.6) is 0 Å². The van der Waals surface area contributed by atoms with Crippen LogP contribution in [-0.4, -0.2) is 6.54 Å². The number of nitrogens with two attached hydrogens (primary N) is 1. The summed E-state index contributed by atoms with van der Waals surface area (Å²) in [5.74, 6) is 0. The molecule has 0 amide bonds. The van der Waals surface area contributed by atoms with E-state index in [0.29, 0.717) is 6.54 Å². The van der Waals surface area contributed by atoms with Gasteiger partial charge in [-0.2, -0.15) is 0 Å². The summed E-state index contributed by atoms with van der Waals surface area (Å²) >= 11 is 0. The first kappa shape index (κ1) is 4.70. The Morgan fingerprint density at radius 2 is 2.40 bits per heavy atom. The van der Waals surface area contributed by atoms with Crippen LogP contribution < -0.4 is 5.73 Å². The Balaban J connectivity index is 2.62. The Kier molecular flexibility index (Phi) is 3.48. The van der Waals surface area contributed by atoms with Crippen molar-refractivity contribution in [1.29, 1.82) is 0 Å². The van der Waals surface area contributed by atoms with Gasteiger partial charge in [0.25, 0.3) is 0 Å². The molecule has 0 aromatic heterocycles. The van der Waals surface area contributed by atoms with Gasteiger partial charge in [-0.1, -0.05) is 12.2 Å². The van der Waals surface area contributed by atoms with Crippen LogP contribution >= 0.6 is 0 Å². The van der Waals surface area contributed by atoms with Gasteiger partial charge in [0.05, 0.1) is 0 Å². The third-order valence-corrected chi connectivity index (χ3v) is 0.372. The zero-order chi connectivity index (χ0) is 4.12. The molecule has 1 heteroatoms. The summed E-state index contributed by atoms with van der Waals surface area (Å²) in [4.78, 5) is 0. The molecule has 0 rings (SSSR count). The summed E-state index contributed by atoms with van der Waals surface area (Å²) in [6.07, 6.45) is 3.83. The van der Waals surface area contributed by atoms with Crippen molar-refractivity contribution in [2.45, 2.75) is 6.92 Å². The van der Waals surface area contributed by atoms with Crippen molar-refractivity contribution < 1.29 is 0 Å². The Morgan fingerprint density at radius 1 is 1.80 bits per heavy atom. The predicted molar refractivity (Wildman–Crippen MR) is 23.9 cm³/mol. The fraction of sp³-hybridized carbons (Fsp3) is 0.500. The second kappa shape index (κ2) is 3.70. The number of hydrogen-bond donors (Lipinski definition) is 1. The average Bonchev–Trinajstić information content (AvgIpc) is 1.41. The fourth-order valence-electron chi connectivity index (χ4n) is 0.136. The first-order chi connectivity index (χ1) is 2.41. The molecule has 0 spiro atoms. The third kappa shape index (κ3) is 3.70. The molecule has 1 nitrogen and oxygen atoms in total. The van der Waals surface area contributed by atoms with Crippen LogP contribution in [0.3, 0.4) is 0 Å². The molecule has 0 aromatic rings. The van der Waals surface area contributed by atoms with Gasteiger partial charge < -0.3 is 5.73 Å². The molecule has 0 radical (unpaired) electrons. The summed E-state index contributed by atoms with van der Waals surface area (Å²) in [7, 11) is 0. The van der Waals surface area contributed by atoms with Crippen LogP contribution in [0, 0.1) is 0 Å². The lowest BCUT2D eigenvalue weighted by Gasteiger charge is -1.67. The van der Waals surface area contributed by atoms with Gasteiger partial charge >= 0.3 is 0 Å². The Labute approximate surface area is 32.5 Å². The summed E-state index contributed by atoms with van der Waals surface area (Å²) in [6.45, 7) is 2.61. The highest BCUT2D eigenvalue weighted by molar-refractivity contribution is 4.76. The second-order valence-electron chi connectivity index (χ2n) is 0.805. The van der Waals surface area contributed by atoms with E-state index in [9.17, 15) is 0 Å². The van der Waals surface area contributed by atoms with Crippen LogP contribution in [0.2, 0.25) is 0 Å². The van der Waals surface area contributed by atoms with E-state index in [4.69, 9.17) is 5.73 Å². The number of allylic oxidation sites excluding steroid dienone is 1. The maximum absolute atomic E-state index is 5.05. The maximum atomic E-state index is 5.05. The molecule has 0 saturated heterocycles. The normalized spacial score (nSPS) is 10.0. The van der Waals surface area contributed by atoms with Crippen LogP contribution in [0.4, 0.5) is 0 Å². The first-order valence-corrected chi connectivity index (χ1v) is 1.73. The average molecular weight is 71.1 g/mol. The van der Waals surface area contributed by atoms with Gasteiger partial charge in [0, 0.05) is 6.54 Å². The van der Waals surface area contributed by atoms with E-state index < -0.39 is 0 Å². The molecule has 0 bridgehead atoms.